The average Bonchev–Trinajstić information content (AvgIpc) is 3.45. The van der Waals surface area contributed by atoms with Crippen molar-refractivity contribution in [1.82, 2.24) is 5.32 Å². The van der Waals surface area contributed by atoms with E-state index >= 15 is 0 Å². The molecule has 0 spiro atoms. The van der Waals surface area contributed by atoms with Crippen molar-refractivity contribution in [1.29, 1.82) is 0 Å². The number of halogens is 2. The number of hydrogen-bond acceptors (Lipinski definition) is 3. The molecule has 0 unspecified atom stereocenters. The van der Waals surface area contributed by atoms with E-state index in [4.69, 9.17) is 17.3 Å². The zero-order chi connectivity index (χ0) is 17.8. The van der Waals surface area contributed by atoms with Crippen molar-refractivity contribution in [2.45, 2.75) is 19.4 Å². The third-order valence-electron chi connectivity index (χ3n) is 4.17. The number of amides is 2. The number of rotatable bonds is 6. The van der Waals surface area contributed by atoms with E-state index in [2.05, 4.69) is 10.6 Å². The highest BCUT2D eigenvalue weighted by Gasteiger charge is 2.23. The largest absolute Gasteiger partial charge is 0.352 e. The molecule has 1 aliphatic carbocycles. The molecule has 3 rings (SSSR count). The van der Waals surface area contributed by atoms with Gasteiger partial charge in [-0.1, -0.05) is 23.7 Å². The summed E-state index contributed by atoms with van der Waals surface area (Å²) in [6, 6.07) is 11.9. The maximum Gasteiger partial charge on any atom is 0.255 e. The Morgan fingerprint density at radius 3 is 2.38 bits per heavy atom. The summed E-state index contributed by atoms with van der Waals surface area (Å²) in [6.45, 7) is 1.07. The smallest absolute Gasteiger partial charge is 0.255 e. The van der Waals surface area contributed by atoms with E-state index < -0.39 is 0 Å². The van der Waals surface area contributed by atoms with Crippen LogP contribution in [0.5, 0.6) is 0 Å². The molecule has 138 valence electrons. The van der Waals surface area contributed by atoms with Gasteiger partial charge in [-0.25, -0.2) is 0 Å². The van der Waals surface area contributed by atoms with Crippen LogP contribution < -0.4 is 16.4 Å². The first-order valence-corrected chi connectivity index (χ1v) is 8.62. The summed E-state index contributed by atoms with van der Waals surface area (Å²) in [6.07, 6.45) is 2.30. The maximum absolute atomic E-state index is 12.4. The van der Waals surface area contributed by atoms with Gasteiger partial charge in [0.1, 0.15) is 0 Å². The summed E-state index contributed by atoms with van der Waals surface area (Å²) in [5.41, 5.74) is 7.80. The third-order valence-corrected chi connectivity index (χ3v) is 4.41. The van der Waals surface area contributed by atoms with E-state index in [-0.39, 0.29) is 24.2 Å². The highest BCUT2D eigenvalue weighted by Crippen LogP contribution is 2.28. The van der Waals surface area contributed by atoms with E-state index in [1.165, 1.54) is 0 Å². The molecule has 0 bridgehead atoms. The molecule has 2 amide bonds. The summed E-state index contributed by atoms with van der Waals surface area (Å²) in [5, 5.41) is 6.13. The predicted octanol–water partition coefficient (Wildman–Crippen LogP) is 3.61. The Bertz CT molecular complexity index is 790. The molecule has 7 heteroatoms. The van der Waals surface area contributed by atoms with E-state index in [1.54, 1.807) is 42.5 Å². The molecule has 0 atom stereocenters. The number of hydrogen-bond donors (Lipinski definition) is 3. The molecule has 5 nitrogen and oxygen atoms in total. The van der Waals surface area contributed by atoms with Crippen molar-refractivity contribution in [3.63, 3.8) is 0 Å². The van der Waals surface area contributed by atoms with Crippen LogP contribution >= 0.6 is 24.0 Å². The lowest BCUT2D eigenvalue weighted by atomic mass is 10.1. The first-order chi connectivity index (χ1) is 12.1. The van der Waals surface area contributed by atoms with Crippen LogP contribution in [-0.2, 0) is 6.54 Å². The minimum absolute atomic E-state index is 0. The number of carbonyl (C=O) groups excluding carboxylic acids is 2. The fourth-order valence-corrected chi connectivity index (χ4v) is 2.63. The maximum atomic E-state index is 12.4. The quantitative estimate of drug-likeness (QED) is 0.700. The standard InChI is InChI=1S/C19H20ClN3O2.ClH/c20-15-7-8-17(16(9-15)19(25)22-11-13-1-2-13)23-18(24)14-5-3-12(10-21)4-6-14;/h3-9,13H,1-2,10-11,21H2,(H,22,25)(H,23,24);1H. The molecule has 2 aromatic rings. The molecule has 2 aromatic carbocycles. The molecule has 0 radical (unpaired) electrons. The molecule has 26 heavy (non-hydrogen) atoms. The van der Waals surface area contributed by atoms with Crippen LogP contribution in [-0.4, -0.2) is 18.4 Å². The normalized spacial score (nSPS) is 12.8. The first kappa shape index (κ1) is 20.2. The molecule has 0 heterocycles. The summed E-state index contributed by atoms with van der Waals surface area (Å²) in [4.78, 5) is 24.9. The third kappa shape index (κ3) is 5.21. The second-order valence-electron chi connectivity index (χ2n) is 6.20. The fraction of sp³-hybridized carbons (Fsp3) is 0.263. The Kier molecular flexibility index (Phi) is 7.03. The molecular formula is C19H21Cl2N3O2. The fourth-order valence-electron chi connectivity index (χ4n) is 2.45. The van der Waals surface area contributed by atoms with Gasteiger partial charge >= 0.3 is 0 Å². The number of nitrogens with two attached hydrogens (primary N) is 1. The number of benzene rings is 2. The lowest BCUT2D eigenvalue weighted by molar-refractivity contribution is 0.0952. The minimum Gasteiger partial charge on any atom is -0.352 e. The van der Waals surface area contributed by atoms with Gasteiger partial charge in [-0.2, -0.15) is 0 Å². The minimum atomic E-state index is -0.290. The van der Waals surface area contributed by atoms with Gasteiger partial charge in [-0.15, -0.1) is 12.4 Å². The van der Waals surface area contributed by atoms with Crippen LogP contribution in [0.3, 0.4) is 0 Å². The Labute approximate surface area is 163 Å². The summed E-state index contributed by atoms with van der Waals surface area (Å²) < 4.78 is 0. The first-order valence-electron chi connectivity index (χ1n) is 8.25. The Hall–Kier alpha value is -2.08. The van der Waals surface area contributed by atoms with Crippen LogP contribution in [0.1, 0.15) is 39.1 Å². The second-order valence-corrected chi connectivity index (χ2v) is 6.63. The van der Waals surface area contributed by atoms with Crippen LogP contribution in [0.2, 0.25) is 5.02 Å². The van der Waals surface area contributed by atoms with Crippen molar-refractivity contribution < 1.29 is 9.59 Å². The zero-order valence-corrected chi connectivity index (χ0v) is 15.7. The highest BCUT2D eigenvalue weighted by molar-refractivity contribution is 6.31. The molecule has 1 saturated carbocycles. The molecule has 4 N–H and O–H groups in total. The molecule has 0 saturated heterocycles. The van der Waals surface area contributed by atoms with Crippen LogP contribution in [0, 0.1) is 5.92 Å². The number of anilines is 1. The average molecular weight is 394 g/mol. The van der Waals surface area contributed by atoms with Crippen molar-refractivity contribution in [2.24, 2.45) is 11.7 Å². The molecule has 1 aliphatic rings. The van der Waals surface area contributed by atoms with Crippen LogP contribution in [0.25, 0.3) is 0 Å². The van der Waals surface area contributed by atoms with Crippen molar-refractivity contribution in [3.8, 4) is 0 Å². The number of nitrogens with one attached hydrogen (secondary N) is 2. The van der Waals surface area contributed by atoms with E-state index in [9.17, 15) is 9.59 Å². The summed E-state index contributed by atoms with van der Waals surface area (Å²) >= 11 is 6.02. The summed E-state index contributed by atoms with van der Waals surface area (Å²) in [5.74, 6) is 0.0487. The van der Waals surface area contributed by atoms with Gasteiger partial charge in [-0.05, 0) is 54.7 Å². The number of carbonyl (C=O) groups is 2. The van der Waals surface area contributed by atoms with Gasteiger partial charge in [-0.3, -0.25) is 9.59 Å². The monoisotopic (exact) mass is 393 g/mol. The molecular weight excluding hydrogens is 373 g/mol. The lowest BCUT2D eigenvalue weighted by Gasteiger charge is -2.12. The van der Waals surface area contributed by atoms with Crippen molar-refractivity contribution in [3.05, 3.63) is 64.2 Å². The SMILES string of the molecule is Cl.NCc1ccc(C(=O)Nc2ccc(Cl)cc2C(=O)NCC2CC2)cc1. The van der Waals surface area contributed by atoms with E-state index in [0.717, 1.165) is 18.4 Å². The predicted molar refractivity (Wildman–Crippen MR) is 106 cm³/mol. The van der Waals surface area contributed by atoms with Gasteiger partial charge in [0.05, 0.1) is 11.3 Å². The van der Waals surface area contributed by atoms with Crippen molar-refractivity contribution in [2.75, 3.05) is 11.9 Å². The van der Waals surface area contributed by atoms with Crippen molar-refractivity contribution >= 4 is 41.5 Å². The Balaban J connectivity index is 0.00000243. The summed E-state index contributed by atoms with van der Waals surface area (Å²) in [7, 11) is 0. The molecule has 0 aromatic heterocycles. The van der Waals surface area contributed by atoms with Gasteiger partial charge < -0.3 is 16.4 Å². The molecule has 0 aliphatic heterocycles. The van der Waals surface area contributed by atoms with E-state index in [1.807, 2.05) is 0 Å². The molecule has 1 fully saturated rings. The Morgan fingerprint density at radius 2 is 1.77 bits per heavy atom. The van der Waals surface area contributed by atoms with E-state index in [0.29, 0.717) is 40.8 Å². The van der Waals surface area contributed by atoms with Gasteiger partial charge in [0.15, 0.2) is 0 Å². The topological polar surface area (TPSA) is 84.2 Å². The van der Waals surface area contributed by atoms with Gasteiger partial charge in [0.2, 0.25) is 0 Å². The second kappa shape index (κ2) is 9.03. The Morgan fingerprint density at radius 1 is 1.08 bits per heavy atom. The van der Waals surface area contributed by atoms with Crippen LogP contribution in [0.15, 0.2) is 42.5 Å². The van der Waals surface area contributed by atoms with Crippen LogP contribution in [0.4, 0.5) is 5.69 Å². The highest BCUT2D eigenvalue weighted by atomic mass is 35.5. The van der Waals surface area contributed by atoms with Gasteiger partial charge in [0.25, 0.3) is 11.8 Å². The zero-order valence-electron chi connectivity index (χ0n) is 14.1. The van der Waals surface area contributed by atoms with Gasteiger partial charge in [0, 0.05) is 23.7 Å². The lowest BCUT2D eigenvalue weighted by Crippen LogP contribution is -2.27.